The minimum atomic E-state index is -0.211. The van der Waals surface area contributed by atoms with Gasteiger partial charge in [0.1, 0.15) is 5.69 Å². The van der Waals surface area contributed by atoms with Gasteiger partial charge >= 0.3 is 5.97 Å². The summed E-state index contributed by atoms with van der Waals surface area (Å²) in [7, 11) is 1.42. The van der Waals surface area contributed by atoms with Gasteiger partial charge in [-0.15, -0.1) is 0 Å². The molecule has 0 radical (unpaired) electrons. The Labute approximate surface area is 153 Å². The predicted molar refractivity (Wildman–Crippen MR) is 98.8 cm³/mol. The quantitative estimate of drug-likeness (QED) is 0.836. The number of hydrogen-bond donors (Lipinski definition) is 1. The maximum atomic E-state index is 12.4. The van der Waals surface area contributed by atoms with Crippen LogP contribution in [0.5, 0.6) is 0 Å². The molecule has 1 aromatic carbocycles. The summed E-state index contributed by atoms with van der Waals surface area (Å²) in [6.45, 7) is 1.91. The third-order valence-electron chi connectivity index (χ3n) is 4.59. The second-order valence-electron chi connectivity index (χ2n) is 6.38. The average Bonchev–Trinajstić information content (AvgIpc) is 2.72. The minimum absolute atomic E-state index is 0.128. The molecule has 0 unspecified atom stereocenters. The van der Waals surface area contributed by atoms with Crippen LogP contribution in [0.3, 0.4) is 0 Å². The lowest BCUT2D eigenvalue weighted by atomic mass is 9.98. The van der Waals surface area contributed by atoms with Crippen LogP contribution in [-0.2, 0) is 16.1 Å². The van der Waals surface area contributed by atoms with E-state index in [0.717, 1.165) is 30.6 Å². The van der Waals surface area contributed by atoms with E-state index in [1.54, 1.807) is 12.3 Å². The molecule has 0 saturated carbocycles. The molecule has 6 nitrogen and oxygen atoms in total. The van der Waals surface area contributed by atoms with Crippen LogP contribution >= 0.6 is 0 Å². The number of carbonyl (C=O) groups excluding carboxylic acids is 2. The van der Waals surface area contributed by atoms with Crippen molar-refractivity contribution < 1.29 is 14.3 Å². The first-order valence-corrected chi connectivity index (χ1v) is 8.78. The summed E-state index contributed by atoms with van der Waals surface area (Å²) in [6, 6.07) is 13.4. The second kappa shape index (κ2) is 8.47. The number of pyridine rings is 1. The number of rotatable bonds is 5. The summed E-state index contributed by atoms with van der Waals surface area (Å²) in [5.74, 6) is -0.515. The van der Waals surface area contributed by atoms with Crippen LogP contribution in [0.4, 0.5) is 5.69 Å². The third kappa shape index (κ3) is 4.39. The van der Waals surface area contributed by atoms with Crippen LogP contribution in [0.25, 0.3) is 0 Å². The smallest absolute Gasteiger partial charge is 0.310 e. The molecule has 1 saturated heterocycles. The van der Waals surface area contributed by atoms with Crippen molar-refractivity contribution in [2.75, 3.05) is 25.1 Å². The molecule has 1 aromatic heterocycles. The Bertz CT molecular complexity index is 764. The topological polar surface area (TPSA) is 71.5 Å². The molecular weight excluding hydrogens is 330 g/mol. The van der Waals surface area contributed by atoms with E-state index in [1.165, 1.54) is 7.11 Å². The van der Waals surface area contributed by atoms with Crippen LogP contribution in [0.15, 0.2) is 48.7 Å². The molecule has 3 rings (SSSR count). The van der Waals surface area contributed by atoms with Gasteiger partial charge in [0.25, 0.3) is 5.91 Å². The van der Waals surface area contributed by atoms with Crippen molar-refractivity contribution in [3.05, 3.63) is 59.9 Å². The Morgan fingerprint density at radius 2 is 2.08 bits per heavy atom. The van der Waals surface area contributed by atoms with E-state index in [4.69, 9.17) is 4.74 Å². The Morgan fingerprint density at radius 1 is 1.27 bits per heavy atom. The van der Waals surface area contributed by atoms with Crippen LogP contribution in [-0.4, -0.2) is 37.1 Å². The molecular formula is C20H23N3O3. The molecule has 2 aromatic rings. The Morgan fingerprint density at radius 3 is 2.85 bits per heavy atom. The van der Waals surface area contributed by atoms with Crippen molar-refractivity contribution in [3.63, 3.8) is 0 Å². The highest BCUT2D eigenvalue weighted by molar-refractivity contribution is 5.93. The summed E-state index contributed by atoms with van der Waals surface area (Å²) < 4.78 is 4.87. The van der Waals surface area contributed by atoms with E-state index in [2.05, 4.69) is 15.2 Å². The zero-order valence-electron chi connectivity index (χ0n) is 14.9. The molecule has 0 bridgehead atoms. The fraction of sp³-hybridized carbons (Fsp3) is 0.350. The lowest BCUT2D eigenvalue weighted by Gasteiger charge is -2.33. The predicted octanol–water partition coefficient (Wildman–Crippen LogP) is 2.40. The molecule has 0 spiro atoms. The van der Waals surface area contributed by atoms with Crippen molar-refractivity contribution in [2.24, 2.45) is 5.92 Å². The Kier molecular flexibility index (Phi) is 5.84. The largest absolute Gasteiger partial charge is 0.469 e. The van der Waals surface area contributed by atoms with Gasteiger partial charge in [-0.25, -0.2) is 0 Å². The van der Waals surface area contributed by atoms with Crippen molar-refractivity contribution >= 4 is 17.6 Å². The van der Waals surface area contributed by atoms with E-state index in [1.807, 2.05) is 36.4 Å². The number of anilines is 1. The fourth-order valence-electron chi connectivity index (χ4n) is 3.18. The van der Waals surface area contributed by atoms with E-state index in [0.29, 0.717) is 18.8 Å². The highest BCUT2D eigenvalue weighted by atomic mass is 16.5. The summed E-state index contributed by atoms with van der Waals surface area (Å²) >= 11 is 0. The number of aromatic nitrogens is 1. The summed E-state index contributed by atoms with van der Waals surface area (Å²) in [4.78, 5) is 30.5. The van der Waals surface area contributed by atoms with Gasteiger partial charge in [-0.05, 0) is 30.5 Å². The first kappa shape index (κ1) is 17.9. The van der Waals surface area contributed by atoms with Crippen LogP contribution in [0, 0.1) is 5.92 Å². The van der Waals surface area contributed by atoms with Gasteiger partial charge in [0.05, 0.1) is 13.0 Å². The normalized spacial score (nSPS) is 16.8. The monoisotopic (exact) mass is 353 g/mol. The van der Waals surface area contributed by atoms with Crippen molar-refractivity contribution in [1.29, 1.82) is 0 Å². The van der Waals surface area contributed by atoms with Crippen molar-refractivity contribution in [2.45, 2.75) is 19.4 Å². The first-order chi connectivity index (χ1) is 12.7. The molecule has 1 atom stereocenters. The lowest BCUT2D eigenvalue weighted by molar-refractivity contribution is -0.145. The van der Waals surface area contributed by atoms with Gasteiger partial charge in [0.15, 0.2) is 0 Å². The Balaban J connectivity index is 1.65. The number of nitrogens with one attached hydrogen (secondary N) is 1. The third-order valence-corrected chi connectivity index (χ3v) is 4.59. The van der Waals surface area contributed by atoms with Crippen LogP contribution in [0.2, 0.25) is 0 Å². The second-order valence-corrected chi connectivity index (χ2v) is 6.38. The number of carbonyl (C=O) groups is 2. The number of ether oxygens (including phenoxy) is 1. The van der Waals surface area contributed by atoms with Gasteiger partial charge in [-0.3, -0.25) is 14.6 Å². The highest BCUT2D eigenvalue weighted by Crippen LogP contribution is 2.24. The molecule has 2 heterocycles. The molecule has 0 aliphatic carbocycles. The summed E-state index contributed by atoms with van der Waals surface area (Å²) in [5.41, 5.74) is 2.31. The number of methoxy groups -OCH3 is 1. The molecule has 1 amide bonds. The van der Waals surface area contributed by atoms with Gasteiger partial charge < -0.3 is 15.0 Å². The van der Waals surface area contributed by atoms with Gasteiger partial charge in [0, 0.05) is 31.5 Å². The number of amides is 1. The molecule has 1 fully saturated rings. The minimum Gasteiger partial charge on any atom is -0.469 e. The number of piperidine rings is 1. The highest BCUT2D eigenvalue weighted by Gasteiger charge is 2.27. The van der Waals surface area contributed by atoms with Crippen molar-refractivity contribution in [1.82, 2.24) is 10.3 Å². The Hall–Kier alpha value is -2.89. The standard InChI is InChI=1S/C20H23N3O3/c1-26-20(25)16-8-5-11-23(14-16)17-9-10-21-18(12-17)19(24)22-13-15-6-3-2-4-7-15/h2-4,6-7,9-10,12,16H,5,8,11,13-14H2,1H3,(H,22,24)/t16-/m0/s1. The fourth-order valence-corrected chi connectivity index (χ4v) is 3.18. The number of benzene rings is 1. The molecule has 136 valence electrons. The van der Waals surface area contributed by atoms with Gasteiger partial charge in [-0.2, -0.15) is 0 Å². The summed E-state index contributed by atoms with van der Waals surface area (Å²) in [6.07, 6.45) is 3.38. The molecule has 1 aliphatic heterocycles. The van der Waals surface area contributed by atoms with Crippen LogP contribution < -0.4 is 10.2 Å². The van der Waals surface area contributed by atoms with Gasteiger partial charge in [0.2, 0.25) is 0 Å². The van der Waals surface area contributed by atoms with Crippen molar-refractivity contribution in [3.8, 4) is 0 Å². The molecule has 1 aliphatic rings. The SMILES string of the molecule is COC(=O)[C@H]1CCCN(c2ccnc(C(=O)NCc3ccccc3)c2)C1. The van der Waals surface area contributed by atoms with E-state index >= 15 is 0 Å². The zero-order valence-corrected chi connectivity index (χ0v) is 14.9. The zero-order chi connectivity index (χ0) is 18.4. The maximum absolute atomic E-state index is 12.4. The number of hydrogen-bond acceptors (Lipinski definition) is 5. The van der Waals surface area contributed by atoms with E-state index < -0.39 is 0 Å². The number of esters is 1. The molecule has 6 heteroatoms. The van der Waals surface area contributed by atoms with E-state index in [9.17, 15) is 9.59 Å². The average molecular weight is 353 g/mol. The van der Waals surface area contributed by atoms with E-state index in [-0.39, 0.29) is 17.8 Å². The lowest BCUT2D eigenvalue weighted by Crippen LogP contribution is -2.39. The maximum Gasteiger partial charge on any atom is 0.310 e. The first-order valence-electron chi connectivity index (χ1n) is 8.78. The summed E-state index contributed by atoms with van der Waals surface area (Å²) in [5, 5.41) is 2.89. The van der Waals surface area contributed by atoms with Gasteiger partial charge in [-0.1, -0.05) is 30.3 Å². The number of nitrogens with zero attached hydrogens (tertiary/aromatic N) is 2. The van der Waals surface area contributed by atoms with Crippen LogP contribution in [0.1, 0.15) is 28.9 Å². The molecule has 26 heavy (non-hydrogen) atoms. The molecule has 1 N–H and O–H groups in total.